The van der Waals surface area contributed by atoms with Crippen LogP contribution in [0, 0.1) is 0 Å². The molecule has 3 heteroatoms. The first-order valence-corrected chi connectivity index (χ1v) is 20.8. The molecule has 0 spiro atoms. The number of hydrogen-bond acceptors (Lipinski definition) is 2. The molecule has 9 aromatic carbocycles. The second kappa shape index (κ2) is 13.2. The maximum atomic E-state index is 7.03. The molecule has 0 amide bonds. The number of benzene rings is 9. The molecule has 284 valence electrons. The molecule has 1 aliphatic rings. The first kappa shape index (κ1) is 34.4. The average molecular weight is 769 g/mol. The summed E-state index contributed by atoms with van der Waals surface area (Å²) < 4.78 is 9.46. The van der Waals surface area contributed by atoms with Gasteiger partial charge in [-0.05, 0) is 88.5 Å². The van der Waals surface area contributed by atoms with Gasteiger partial charge in [0.25, 0.3) is 0 Å². The first-order valence-electron chi connectivity index (χ1n) is 20.8. The summed E-state index contributed by atoms with van der Waals surface area (Å²) >= 11 is 0. The molecule has 0 unspecified atom stereocenters. The van der Waals surface area contributed by atoms with Crippen LogP contribution in [0.5, 0.6) is 0 Å². The summed E-state index contributed by atoms with van der Waals surface area (Å²) in [5.74, 6) is 0. The third-order valence-corrected chi connectivity index (χ3v) is 12.8. The van der Waals surface area contributed by atoms with Gasteiger partial charge in [0.05, 0.1) is 33.7 Å². The molecule has 2 heterocycles. The highest BCUT2D eigenvalue weighted by atomic mass is 16.3. The van der Waals surface area contributed by atoms with Gasteiger partial charge in [0.1, 0.15) is 11.2 Å². The Bertz CT molecular complexity index is 3420. The quantitative estimate of drug-likeness (QED) is 0.168. The lowest BCUT2D eigenvalue weighted by Gasteiger charge is -2.30. The lowest BCUT2D eigenvalue weighted by Crippen LogP contribution is -2.15. The first-order chi connectivity index (χ1) is 29.6. The van der Waals surface area contributed by atoms with E-state index < -0.39 is 0 Å². The van der Waals surface area contributed by atoms with E-state index in [1.54, 1.807) is 0 Å². The van der Waals surface area contributed by atoms with Crippen LogP contribution in [0.15, 0.2) is 211 Å². The predicted octanol–water partition coefficient (Wildman–Crippen LogP) is 15.8. The van der Waals surface area contributed by atoms with E-state index in [1.807, 2.05) is 0 Å². The van der Waals surface area contributed by atoms with Crippen molar-refractivity contribution in [2.75, 3.05) is 4.90 Å². The van der Waals surface area contributed by atoms with Crippen LogP contribution in [0.4, 0.5) is 17.1 Å². The van der Waals surface area contributed by atoms with Crippen LogP contribution in [-0.2, 0) is 5.41 Å². The second-order valence-electron chi connectivity index (χ2n) is 16.4. The van der Waals surface area contributed by atoms with Gasteiger partial charge in [0, 0.05) is 43.8 Å². The van der Waals surface area contributed by atoms with E-state index in [1.165, 1.54) is 38.6 Å². The van der Waals surface area contributed by atoms with Crippen molar-refractivity contribution < 1.29 is 4.42 Å². The Labute approximate surface area is 349 Å². The fraction of sp³-hybridized carbons (Fsp3) is 0.0526. The lowest BCUT2D eigenvalue weighted by atomic mass is 9.81. The van der Waals surface area contributed by atoms with Crippen LogP contribution in [0.1, 0.15) is 25.0 Å². The van der Waals surface area contributed by atoms with Gasteiger partial charge in [-0.2, -0.15) is 0 Å². The van der Waals surface area contributed by atoms with Gasteiger partial charge >= 0.3 is 0 Å². The van der Waals surface area contributed by atoms with Gasteiger partial charge < -0.3 is 13.9 Å². The predicted molar refractivity (Wildman–Crippen MR) is 251 cm³/mol. The monoisotopic (exact) mass is 768 g/mol. The van der Waals surface area contributed by atoms with Crippen LogP contribution < -0.4 is 4.90 Å². The third kappa shape index (κ3) is 5.02. The fourth-order valence-electron chi connectivity index (χ4n) is 10.1. The van der Waals surface area contributed by atoms with Gasteiger partial charge in [0.2, 0.25) is 0 Å². The maximum Gasteiger partial charge on any atom is 0.145 e. The molecule has 1 aliphatic carbocycles. The lowest BCUT2D eigenvalue weighted by molar-refractivity contribution is 0.660. The normalized spacial score (nSPS) is 13.0. The van der Waals surface area contributed by atoms with Crippen molar-refractivity contribution in [1.82, 2.24) is 4.57 Å². The summed E-state index contributed by atoms with van der Waals surface area (Å²) in [6.45, 7) is 4.71. The molecule has 0 aliphatic heterocycles. The van der Waals surface area contributed by atoms with Crippen molar-refractivity contribution in [2.45, 2.75) is 19.3 Å². The molecule has 0 saturated heterocycles. The number of rotatable bonds is 6. The van der Waals surface area contributed by atoms with Crippen LogP contribution >= 0.6 is 0 Å². The van der Waals surface area contributed by atoms with Crippen molar-refractivity contribution in [3.63, 3.8) is 0 Å². The van der Waals surface area contributed by atoms with Crippen LogP contribution in [0.2, 0.25) is 0 Å². The number of furan rings is 1. The van der Waals surface area contributed by atoms with E-state index in [2.05, 4.69) is 230 Å². The molecule has 0 atom stereocenters. The van der Waals surface area contributed by atoms with Gasteiger partial charge in [-0.1, -0.05) is 159 Å². The van der Waals surface area contributed by atoms with Crippen molar-refractivity contribution in [1.29, 1.82) is 0 Å². The van der Waals surface area contributed by atoms with Crippen LogP contribution in [-0.4, -0.2) is 4.57 Å². The van der Waals surface area contributed by atoms with E-state index in [9.17, 15) is 0 Å². The molecule has 0 saturated carbocycles. The topological polar surface area (TPSA) is 21.3 Å². The Morgan fingerprint density at radius 3 is 1.82 bits per heavy atom. The fourth-order valence-corrected chi connectivity index (χ4v) is 10.1. The number of hydrogen-bond donors (Lipinski definition) is 0. The molecular weight excluding hydrogens is 729 g/mol. The molecule has 0 fully saturated rings. The smallest absolute Gasteiger partial charge is 0.145 e. The Kier molecular flexibility index (Phi) is 7.58. The summed E-state index contributed by atoms with van der Waals surface area (Å²) in [5.41, 5.74) is 18.0. The zero-order valence-electron chi connectivity index (χ0n) is 33.4. The Balaban J connectivity index is 1.15. The number of fused-ring (bicyclic) bond motifs is 9. The maximum absolute atomic E-state index is 7.03. The summed E-state index contributed by atoms with van der Waals surface area (Å²) in [7, 11) is 0. The van der Waals surface area contributed by atoms with Crippen LogP contribution in [0.25, 0.3) is 82.8 Å². The van der Waals surface area contributed by atoms with E-state index >= 15 is 0 Å². The molecule has 0 N–H and O–H groups in total. The molecule has 3 nitrogen and oxygen atoms in total. The molecule has 0 radical (unpaired) electrons. The minimum atomic E-state index is -0.119. The largest absolute Gasteiger partial charge is 0.455 e. The van der Waals surface area contributed by atoms with E-state index in [0.717, 1.165) is 72.4 Å². The highest BCUT2D eigenvalue weighted by Gasteiger charge is 2.35. The van der Waals surface area contributed by atoms with Gasteiger partial charge in [-0.25, -0.2) is 0 Å². The molecule has 11 aromatic rings. The minimum absolute atomic E-state index is 0.119. The minimum Gasteiger partial charge on any atom is -0.455 e. The Hall–Kier alpha value is -7.62. The van der Waals surface area contributed by atoms with E-state index in [0.29, 0.717) is 0 Å². The van der Waals surface area contributed by atoms with Crippen molar-refractivity contribution in [2.24, 2.45) is 0 Å². The number of para-hydroxylation sites is 6. The third-order valence-electron chi connectivity index (χ3n) is 12.8. The molecule has 0 bridgehead atoms. The van der Waals surface area contributed by atoms with Gasteiger partial charge in [-0.3, -0.25) is 0 Å². The summed E-state index contributed by atoms with van der Waals surface area (Å²) in [6, 6.07) is 74.8. The number of anilines is 3. The molecule has 60 heavy (non-hydrogen) atoms. The van der Waals surface area contributed by atoms with E-state index in [-0.39, 0.29) is 5.41 Å². The molecule has 12 rings (SSSR count). The number of aromatic nitrogens is 1. The Morgan fingerprint density at radius 2 is 1.03 bits per heavy atom. The highest BCUT2D eigenvalue weighted by molar-refractivity contribution is 6.15. The second-order valence-corrected chi connectivity index (χ2v) is 16.4. The zero-order chi connectivity index (χ0) is 40.0. The zero-order valence-corrected chi connectivity index (χ0v) is 33.4. The number of nitrogens with zero attached hydrogens (tertiary/aromatic N) is 2. The molecular formula is C57H40N2O. The van der Waals surface area contributed by atoms with Crippen molar-refractivity contribution >= 4 is 60.8 Å². The average Bonchev–Trinajstić information content (AvgIpc) is 3.92. The van der Waals surface area contributed by atoms with E-state index in [4.69, 9.17) is 4.42 Å². The van der Waals surface area contributed by atoms with Crippen LogP contribution in [0.3, 0.4) is 0 Å². The van der Waals surface area contributed by atoms with Gasteiger partial charge in [-0.15, -0.1) is 0 Å². The SMILES string of the molecule is CC1(C)c2ccccc2-c2ccc(-c3ccccc3N(c3ccccc3)c3ccc4c(oc5ccccc54)c3-c3ccccc3-n3c4ccccc4c4ccccc43)cc21. The highest BCUT2D eigenvalue weighted by Crippen LogP contribution is 2.53. The summed E-state index contributed by atoms with van der Waals surface area (Å²) in [4.78, 5) is 2.44. The summed E-state index contributed by atoms with van der Waals surface area (Å²) in [6.07, 6.45) is 0. The van der Waals surface area contributed by atoms with Crippen molar-refractivity contribution in [3.8, 4) is 39.1 Å². The van der Waals surface area contributed by atoms with Crippen molar-refractivity contribution in [3.05, 3.63) is 217 Å². The Morgan fingerprint density at radius 1 is 0.433 bits per heavy atom. The molecule has 2 aromatic heterocycles. The van der Waals surface area contributed by atoms with Gasteiger partial charge in [0.15, 0.2) is 0 Å². The standard InChI is InChI=1S/C57H40N2O/c1-57(2)47-26-12-6-21-40(47)41-33-32-37(36-48(41)57)39-20-7-13-27-49(39)58(38-18-4-3-5-19-38)53-35-34-45-44-24-11-17-31-54(44)60-56(45)55(53)46-25-10-16-30-52(46)59-50-28-14-8-22-42(50)43-23-9-15-29-51(43)59/h3-36H,1-2H3. The summed E-state index contributed by atoms with van der Waals surface area (Å²) in [5, 5.41) is 4.64.